The number of likely N-dealkylation sites (N-methyl/N-ethyl adjacent to an activating group) is 2. The maximum absolute atomic E-state index is 14.2. The lowest BCUT2D eigenvalue weighted by molar-refractivity contribution is -0.143. The first-order valence-electron chi connectivity index (χ1n) is 33.3. The molecule has 0 unspecified atom stereocenters. The molecule has 1 spiro atoms. The smallest absolute Gasteiger partial charge is 0.416 e. The van der Waals surface area contributed by atoms with Gasteiger partial charge in [0.25, 0.3) is 5.91 Å². The number of likely N-dealkylation sites (tertiary alicyclic amines) is 2. The van der Waals surface area contributed by atoms with E-state index in [2.05, 4.69) is 37.0 Å². The van der Waals surface area contributed by atoms with Crippen LogP contribution in [0, 0.1) is 5.82 Å². The average molecular weight is 1310 g/mol. The zero-order valence-electron chi connectivity index (χ0n) is 54.0. The lowest BCUT2D eigenvalue weighted by Crippen LogP contribution is -2.50. The van der Waals surface area contributed by atoms with E-state index >= 15 is 0 Å². The molecule has 4 saturated heterocycles. The number of amides is 4. The van der Waals surface area contributed by atoms with E-state index in [4.69, 9.17) is 14.2 Å². The number of rotatable bonds is 25. The van der Waals surface area contributed by atoms with E-state index in [9.17, 15) is 49.9 Å². The van der Waals surface area contributed by atoms with Crippen LogP contribution in [-0.2, 0) is 53.6 Å². The maximum atomic E-state index is 14.2. The zero-order valence-corrected chi connectivity index (χ0v) is 54.0. The van der Waals surface area contributed by atoms with Gasteiger partial charge >= 0.3 is 18.4 Å². The zero-order chi connectivity index (χ0) is 66.5. The highest BCUT2D eigenvalue weighted by Gasteiger charge is 2.50. The molecule has 22 heteroatoms. The minimum atomic E-state index is -5.14. The summed E-state index contributed by atoms with van der Waals surface area (Å²) < 4.78 is 116. The van der Waals surface area contributed by atoms with Gasteiger partial charge in [-0.2, -0.15) is 26.3 Å². The standard InChI is InChI=1S/C72H89F7N8O7/c1-81(32-13-14-34-84-36-15-35-83(44-45-84)33-12-4-7-22-65(88)82(2)42-43-85-37-27-60(28-38-85)94-68(91)80-63-21-11-9-19-61(63)53-16-5-3-6-17-53)66(89)50-92-64-48-54-18-8-10-20-62(54)69(64)29-39-86(40-30-69)41-31-70(56-23-25-59(73)26-24-56)51-87(52-93-70)67(90)55-46-57(71(74,75)76)49-58(47-55)72(77,78)79/h3,5-6,8-11,16-21,23-26,46-47,49,60,64H,4,7,12-15,22,27-45,48,50-52H2,1-2H3,(H,80,91)/t64-,70-/m0/s1. The van der Waals surface area contributed by atoms with Gasteiger partial charge in [0.1, 0.15) is 30.9 Å². The molecular formula is C72H89F7N8O7. The average Bonchev–Trinajstić information content (AvgIpc) is 1.58. The molecule has 5 aromatic carbocycles. The van der Waals surface area contributed by atoms with Crippen molar-refractivity contribution in [1.82, 2.24) is 34.3 Å². The van der Waals surface area contributed by atoms with Gasteiger partial charge in [0.2, 0.25) is 11.8 Å². The van der Waals surface area contributed by atoms with E-state index in [1.54, 1.807) is 4.90 Å². The summed E-state index contributed by atoms with van der Waals surface area (Å²) in [6.45, 7) is 10.9. The van der Waals surface area contributed by atoms with E-state index in [0.29, 0.717) is 68.9 Å². The van der Waals surface area contributed by atoms with Crippen LogP contribution in [0.25, 0.3) is 11.1 Å². The third-order valence-electron chi connectivity index (χ3n) is 19.9. The highest BCUT2D eigenvalue weighted by atomic mass is 19.4. The number of hydrogen-bond donors (Lipinski definition) is 1. The Morgan fingerprint density at radius 1 is 0.638 bits per heavy atom. The lowest BCUT2D eigenvalue weighted by Gasteiger charge is -2.44. The van der Waals surface area contributed by atoms with Crippen molar-refractivity contribution in [1.29, 1.82) is 0 Å². The molecule has 15 nitrogen and oxygen atoms in total. The van der Waals surface area contributed by atoms with Crippen LogP contribution in [0.1, 0.15) is 115 Å². The molecule has 0 saturated carbocycles. The Bertz CT molecular complexity index is 3290. The normalized spacial score (nSPS) is 20.1. The first-order valence-corrected chi connectivity index (χ1v) is 33.3. The molecule has 4 amide bonds. The summed E-state index contributed by atoms with van der Waals surface area (Å²) in [6.07, 6.45) is -0.799. The van der Waals surface area contributed by atoms with Gasteiger partial charge < -0.3 is 48.5 Å². The van der Waals surface area contributed by atoms with Gasteiger partial charge in [-0.1, -0.05) is 91.3 Å². The summed E-state index contributed by atoms with van der Waals surface area (Å²) in [7, 11) is 3.72. The topological polar surface area (TPSA) is 131 Å². The lowest BCUT2D eigenvalue weighted by atomic mass is 9.72. The number of alkyl halides is 6. The van der Waals surface area contributed by atoms with Gasteiger partial charge in [-0.3, -0.25) is 19.7 Å². The van der Waals surface area contributed by atoms with Crippen molar-refractivity contribution in [2.24, 2.45) is 0 Å². The predicted molar refractivity (Wildman–Crippen MR) is 345 cm³/mol. The van der Waals surface area contributed by atoms with Crippen LogP contribution in [0.2, 0.25) is 0 Å². The minimum Gasteiger partial charge on any atom is -0.446 e. The molecule has 2 atom stereocenters. The van der Waals surface area contributed by atoms with E-state index in [1.165, 1.54) is 35.4 Å². The molecule has 10 rings (SSSR count). The quantitative estimate of drug-likeness (QED) is 0.0443. The molecule has 4 fully saturated rings. The van der Waals surface area contributed by atoms with Crippen molar-refractivity contribution >= 4 is 29.5 Å². The first kappa shape index (κ1) is 69.9. The Hall–Kier alpha value is -6.95. The monoisotopic (exact) mass is 1310 g/mol. The fourth-order valence-electron chi connectivity index (χ4n) is 14.3. The molecule has 94 heavy (non-hydrogen) atoms. The minimum absolute atomic E-state index is 0.0169. The Morgan fingerprint density at radius 2 is 1.26 bits per heavy atom. The van der Waals surface area contributed by atoms with Crippen LogP contribution >= 0.6 is 0 Å². The Kier molecular flexibility index (Phi) is 23.6. The van der Waals surface area contributed by atoms with Gasteiger partial charge in [0, 0.05) is 89.4 Å². The highest BCUT2D eigenvalue weighted by molar-refractivity contribution is 5.95. The number of ether oxygens (including phenoxy) is 3. The number of halogens is 7. The second-order valence-electron chi connectivity index (χ2n) is 26.1. The number of carbonyl (C=O) groups excluding carboxylic acids is 4. The Balaban J connectivity index is 0.594. The maximum Gasteiger partial charge on any atom is 0.416 e. The summed E-state index contributed by atoms with van der Waals surface area (Å²) in [5.74, 6) is -1.47. The van der Waals surface area contributed by atoms with Crippen molar-refractivity contribution in [2.75, 3.05) is 131 Å². The van der Waals surface area contributed by atoms with Crippen LogP contribution < -0.4 is 5.32 Å². The van der Waals surface area contributed by atoms with E-state index in [0.717, 1.165) is 139 Å². The van der Waals surface area contributed by atoms with Gasteiger partial charge in [-0.25, -0.2) is 9.18 Å². The predicted octanol–water partition coefficient (Wildman–Crippen LogP) is 12.2. The van der Waals surface area contributed by atoms with Crippen molar-refractivity contribution in [3.8, 4) is 11.1 Å². The molecule has 1 N–H and O–H groups in total. The van der Waals surface area contributed by atoms with Gasteiger partial charge in [0.15, 0.2) is 0 Å². The highest BCUT2D eigenvalue weighted by Crippen LogP contribution is 2.48. The molecule has 0 aromatic heterocycles. The van der Waals surface area contributed by atoms with Crippen LogP contribution in [0.15, 0.2) is 121 Å². The number of para-hydroxylation sites is 1. The fraction of sp³-hybridized carbons (Fsp3) is 0.528. The summed E-state index contributed by atoms with van der Waals surface area (Å²) in [5.41, 5.74) is 0.0296. The number of benzene rings is 5. The van der Waals surface area contributed by atoms with Crippen molar-refractivity contribution in [2.45, 2.75) is 119 Å². The van der Waals surface area contributed by atoms with E-state index in [-0.39, 0.29) is 55.1 Å². The first-order chi connectivity index (χ1) is 45.1. The molecule has 508 valence electrons. The summed E-state index contributed by atoms with van der Waals surface area (Å²) in [5, 5.41) is 2.95. The Morgan fingerprint density at radius 3 is 1.95 bits per heavy atom. The second-order valence-corrected chi connectivity index (χ2v) is 26.1. The number of nitrogens with one attached hydrogen (secondary N) is 1. The third kappa shape index (κ3) is 18.1. The number of piperidine rings is 2. The van der Waals surface area contributed by atoms with Gasteiger partial charge in [-0.15, -0.1) is 0 Å². The number of carbonyl (C=O) groups is 4. The SMILES string of the molecule is CN(CCN1CCC(OC(=O)Nc2ccccc2-c2ccccc2)CC1)C(=O)CCCCCN1CCCN(CCCCN(C)C(=O)CO[C@H]2Cc3ccccc3C23CCN(CC[C@@]2(c4ccc(F)cc4)CN(C(=O)c4cc(C(F)(F)F)cc(C(F)(F)F)c4)CO2)CC3)CC1. The Labute approximate surface area is 547 Å². The number of unbranched alkanes of at least 4 members (excludes halogenated alkanes) is 3. The summed E-state index contributed by atoms with van der Waals surface area (Å²) in [4.78, 5) is 67.8. The van der Waals surface area contributed by atoms with Crippen molar-refractivity contribution < 1.29 is 64.1 Å². The molecule has 4 heterocycles. The fourth-order valence-corrected chi connectivity index (χ4v) is 14.3. The van der Waals surface area contributed by atoms with Gasteiger partial charge in [0.05, 0.1) is 29.5 Å². The van der Waals surface area contributed by atoms with E-state index in [1.807, 2.05) is 85.7 Å². The third-order valence-corrected chi connectivity index (χ3v) is 19.9. The number of hydrogen-bond acceptors (Lipinski definition) is 11. The van der Waals surface area contributed by atoms with Crippen LogP contribution in [-0.4, -0.2) is 196 Å². The van der Waals surface area contributed by atoms with Gasteiger partial charge in [-0.05, 0) is 169 Å². The number of anilines is 1. The largest absolute Gasteiger partial charge is 0.446 e. The van der Waals surface area contributed by atoms with Crippen LogP contribution in [0.4, 0.5) is 41.2 Å². The molecule has 4 aliphatic heterocycles. The van der Waals surface area contributed by atoms with E-state index < -0.39 is 59.2 Å². The molecule has 5 aromatic rings. The molecular weight excluding hydrogens is 1220 g/mol. The summed E-state index contributed by atoms with van der Waals surface area (Å²) in [6, 6.07) is 32.3. The molecule has 0 radical (unpaired) electrons. The van der Waals surface area contributed by atoms with Crippen LogP contribution in [0.3, 0.4) is 0 Å². The number of nitrogens with zero attached hydrogens (tertiary/aromatic N) is 7. The number of fused-ring (bicyclic) bond motifs is 2. The van der Waals surface area contributed by atoms with Crippen molar-refractivity contribution in [3.63, 3.8) is 0 Å². The molecule has 5 aliphatic rings. The van der Waals surface area contributed by atoms with Crippen molar-refractivity contribution in [3.05, 3.63) is 161 Å². The second kappa shape index (κ2) is 31.7. The molecule has 0 bridgehead atoms. The molecule has 1 aliphatic carbocycles. The summed E-state index contributed by atoms with van der Waals surface area (Å²) >= 11 is 0. The van der Waals surface area contributed by atoms with Crippen LogP contribution in [0.5, 0.6) is 0 Å².